The lowest BCUT2D eigenvalue weighted by molar-refractivity contribution is -0.893. The molecule has 0 spiro atoms. The average molecular weight is 406 g/mol. The van der Waals surface area contributed by atoms with Crippen molar-refractivity contribution in [1.29, 1.82) is 0 Å². The van der Waals surface area contributed by atoms with Crippen LogP contribution in [0.1, 0.15) is 11.3 Å². The predicted molar refractivity (Wildman–Crippen MR) is 102 cm³/mol. The second-order valence-corrected chi connectivity index (χ2v) is 6.08. The summed E-state index contributed by atoms with van der Waals surface area (Å²) in [5, 5.41) is 16.3. The van der Waals surface area contributed by atoms with Crippen LogP contribution in [0.25, 0.3) is 0 Å². The van der Waals surface area contributed by atoms with Gasteiger partial charge >= 0.3 is 5.97 Å². The van der Waals surface area contributed by atoms with Gasteiger partial charge in [-0.15, -0.1) is 0 Å². The maximum absolute atomic E-state index is 9.04. The number of carboxylic acids is 2. The first kappa shape index (κ1) is 23.7. The van der Waals surface area contributed by atoms with Crippen LogP contribution in [0.15, 0.2) is 36.5 Å². The van der Waals surface area contributed by atoms with Gasteiger partial charge in [0.25, 0.3) is 0 Å². The summed E-state index contributed by atoms with van der Waals surface area (Å²) in [6, 6.07) is 10.0. The van der Waals surface area contributed by atoms with Gasteiger partial charge in [0.2, 0.25) is 5.75 Å². The largest absolute Gasteiger partial charge is 0.539 e. The number of nitrogens with zero attached hydrogens (tertiary/aromatic N) is 1. The molecule has 2 rings (SSSR count). The Hall–Kier alpha value is -3.33. The second kappa shape index (κ2) is 12.2. The molecule has 0 aliphatic heterocycles. The molecule has 0 amide bonds. The Kier molecular flexibility index (Phi) is 9.97. The molecule has 9 heteroatoms. The lowest BCUT2D eigenvalue weighted by Crippen LogP contribution is -3.07. The first-order valence-electron chi connectivity index (χ1n) is 8.76. The number of ether oxygens (including phenoxy) is 3. The molecule has 0 radical (unpaired) electrons. The highest BCUT2D eigenvalue weighted by molar-refractivity contribution is 6.26. The lowest BCUT2D eigenvalue weighted by atomic mass is 10.1. The van der Waals surface area contributed by atoms with Crippen molar-refractivity contribution in [3.8, 4) is 17.2 Å². The van der Waals surface area contributed by atoms with Gasteiger partial charge in [-0.2, -0.15) is 0 Å². The molecule has 1 atom stereocenters. The molecular formula is C20H26N2O7. The smallest absolute Gasteiger partial charge is 0.351 e. The minimum absolute atomic E-state index is 0.630. The van der Waals surface area contributed by atoms with E-state index >= 15 is 0 Å². The third-order valence-electron chi connectivity index (χ3n) is 3.94. The standard InChI is InChI=1S/C18H24N2O3.C2H2O4/c1-20(10-8-15-7-5-6-9-19-15)13-14-11-16(21-2)18(23-4)17(12-14)22-3;3-1(4)2(5)6/h5-7,9,11-12H,8,10,13H2,1-4H3;(H,3,4)(H,5,6). The van der Waals surface area contributed by atoms with E-state index in [1.807, 2.05) is 30.5 Å². The van der Waals surface area contributed by atoms with Crippen LogP contribution in [0.4, 0.5) is 0 Å². The zero-order chi connectivity index (χ0) is 21.8. The van der Waals surface area contributed by atoms with E-state index < -0.39 is 11.9 Å². The number of aromatic nitrogens is 1. The van der Waals surface area contributed by atoms with E-state index in [2.05, 4.69) is 18.1 Å². The van der Waals surface area contributed by atoms with E-state index in [1.165, 1.54) is 4.90 Å². The lowest BCUT2D eigenvalue weighted by Gasteiger charge is -2.17. The van der Waals surface area contributed by atoms with E-state index in [0.29, 0.717) is 17.2 Å². The van der Waals surface area contributed by atoms with Crippen LogP contribution in [-0.2, 0) is 22.6 Å². The third-order valence-corrected chi connectivity index (χ3v) is 3.94. The fourth-order valence-electron chi connectivity index (χ4n) is 2.56. The fourth-order valence-corrected chi connectivity index (χ4v) is 2.56. The van der Waals surface area contributed by atoms with Gasteiger partial charge < -0.3 is 34.1 Å². The molecule has 1 aromatic carbocycles. The monoisotopic (exact) mass is 406 g/mol. The molecule has 1 unspecified atom stereocenters. The molecular weight excluding hydrogens is 380 g/mol. The Balaban J connectivity index is 0.000000612. The molecule has 2 N–H and O–H groups in total. The normalized spacial score (nSPS) is 10.9. The number of carbonyl (C=O) groups excluding carboxylic acids is 1. The van der Waals surface area contributed by atoms with E-state index in [1.54, 1.807) is 21.3 Å². The molecule has 1 heterocycles. The number of carboxylic acid groups (broad SMARTS) is 2. The second-order valence-electron chi connectivity index (χ2n) is 6.08. The first-order chi connectivity index (χ1) is 13.8. The summed E-state index contributed by atoms with van der Waals surface area (Å²) in [5.74, 6) is -1.99. The van der Waals surface area contributed by atoms with Crippen molar-refractivity contribution in [2.75, 3.05) is 34.9 Å². The Morgan fingerprint density at radius 2 is 1.69 bits per heavy atom. The molecule has 0 aliphatic rings. The molecule has 9 nitrogen and oxygen atoms in total. The highest BCUT2D eigenvalue weighted by Crippen LogP contribution is 2.37. The van der Waals surface area contributed by atoms with Crippen LogP contribution in [0.3, 0.4) is 0 Å². The number of hydrogen-bond donors (Lipinski definition) is 2. The number of nitrogens with one attached hydrogen (secondary N) is 1. The van der Waals surface area contributed by atoms with Gasteiger partial charge in [-0.3, -0.25) is 4.98 Å². The zero-order valence-corrected chi connectivity index (χ0v) is 16.9. The Labute approximate surface area is 169 Å². The molecule has 0 aliphatic carbocycles. The Morgan fingerprint density at radius 1 is 1.10 bits per heavy atom. The van der Waals surface area contributed by atoms with E-state index in [0.717, 1.165) is 30.8 Å². The molecule has 29 heavy (non-hydrogen) atoms. The van der Waals surface area contributed by atoms with Crippen molar-refractivity contribution in [1.82, 2.24) is 4.98 Å². The molecule has 0 bridgehead atoms. The maximum atomic E-state index is 9.04. The number of hydrogen-bond acceptors (Lipinski definition) is 7. The molecule has 0 saturated carbocycles. The van der Waals surface area contributed by atoms with Crippen LogP contribution in [0.5, 0.6) is 17.2 Å². The highest BCUT2D eigenvalue weighted by atomic mass is 16.5. The SMILES string of the molecule is COc1cc(C[NH+](C)CCc2ccccn2)cc(OC)c1OC.O=C([O-])C(=O)O. The van der Waals surface area contributed by atoms with Gasteiger partial charge in [0, 0.05) is 23.9 Å². The molecule has 0 saturated heterocycles. The number of pyridine rings is 1. The van der Waals surface area contributed by atoms with E-state index in [-0.39, 0.29) is 0 Å². The summed E-state index contributed by atoms with van der Waals surface area (Å²) in [6.45, 7) is 1.89. The third kappa shape index (κ3) is 8.06. The molecule has 1 aromatic heterocycles. The molecule has 0 fully saturated rings. The summed E-state index contributed by atoms with van der Waals surface area (Å²) in [4.78, 5) is 23.8. The fraction of sp³-hybridized carbons (Fsp3) is 0.350. The van der Waals surface area contributed by atoms with E-state index in [4.69, 9.17) is 34.0 Å². The predicted octanol–water partition coefficient (Wildman–Crippen LogP) is -0.814. The summed E-state index contributed by atoms with van der Waals surface area (Å²) >= 11 is 0. The number of likely N-dealkylation sites (N-methyl/N-ethyl adjacent to an activating group) is 1. The van der Waals surface area contributed by atoms with Crippen molar-refractivity contribution in [2.24, 2.45) is 0 Å². The minimum atomic E-state index is -2.07. The van der Waals surface area contributed by atoms with Crippen LogP contribution >= 0.6 is 0 Å². The van der Waals surface area contributed by atoms with Gasteiger partial charge in [-0.05, 0) is 24.3 Å². The van der Waals surface area contributed by atoms with Crippen molar-refractivity contribution in [3.63, 3.8) is 0 Å². The highest BCUT2D eigenvalue weighted by Gasteiger charge is 2.15. The first-order valence-corrected chi connectivity index (χ1v) is 8.76. The van der Waals surface area contributed by atoms with Gasteiger partial charge in [0.1, 0.15) is 6.54 Å². The van der Waals surface area contributed by atoms with Gasteiger partial charge in [0.05, 0.1) is 34.9 Å². The number of methoxy groups -OCH3 is 3. The van der Waals surface area contributed by atoms with Crippen LogP contribution in [-0.4, -0.2) is 57.0 Å². The quantitative estimate of drug-likeness (QED) is 0.546. The van der Waals surface area contributed by atoms with E-state index in [9.17, 15) is 0 Å². The number of rotatable bonds is 8. The van der Waals surface area contributed by atoms with Crippen LogP contribution < -0.4 is 24.2 Å². The number of carbonyl (C=O) groups is 2. The topological polar surface area (TPSA) is 122 Å². The Bertz CT molecular complexity index is 760. The number of quaternary nitrogens is 1. The van der Waals surface area contributed by atoms with Crippen molar-refractivity contribution in [2.45, 2.75) is 13.0 Å². The Morgan fingerprint density at radius 3 is 2.10 bits per heavy atom. The zero-order valence-electron chi connectivity index (χ0n) is 16.9. The molecule has 2 aromatic rings. The van der Waals surface area contributed by atoms with Crippen LogP contribution in [0.2, 0.25) is 0 Å². The van der Waals surface area contributed by atoms with Gasteiger partial charge in [-0.25, -0.2) is 4.79 Å². The summed E-state index contributed by atoms with van der Waals surface area (Å²) in [7, 11) is 7.06. The average Bonchev–Trinajstić information content (AvgIpc) is 2.72. The number of benzene rings is 1. The van der Waals surface area contributed by atoms with Crippen LogP contribution in [0, 0.1) is 0 Å². The van der Waals surface area contributed by atoms with Crippen molar-refractivity contribution < 1.29 is 38.9 Å². The maximum Gasteiger partial charge on any atom is 0.351 e. The van der Waals surface area contributed by atoms with Gasteiger partial charge in [-0.1, -0.05) is 6.07 Å². The summed E-state index contributed by atoms with van der Waals surface area (Å²) in [6.07, 6.45) is 2.79. The summed E-state index contributed by atoms with van der Waals surface area (Å²) < 4.78 is 16.2. The minimum Gasteiger partial charge on any atom is -0.539 e. The molecule has 158 valence electrons. The van der Waals surface area contributed by atoms with Gasteiger partial charge in [0.15, 0.2) is 17.5 Å². The summed E-state index contributed by atoms with van der Waals surface area (Å²) in [5.41, 5.74) is 2.27. The number of aliphatic carboxylic acids is 2. The van der Waals surface area contributed by atoms with Crippen molar-refractivity contribution >= 4 is 11.9 Å². The van der Waals surface area contributed by atoms with Crippen molar-refractivity contribution in [3.05, 3.63) is 47.8 Å².